The highest BCUT2D eigenvalue weighted by molar-refractivity contribution is 5.00. The summed E-state index contributed by atoms with van der Waals surface area (Å²) in [5, 5.41) is 4.22. The Morgan fingerprint density at radius 1 is 1.32 bits per heavy atom. The zero-order valence-electron chi connectivity index (χ0n) is 13.1. The van der Waals surface area contributed by atoms with E-state index in [9.17, 15) is 0 Å². The number of nitrogens with zero attached hydrogens (tertiary/aromatic N) is 4. The monoisotopic (exact) mass is 267 g/mol. The van der Waals surface area contributed by atoms with E-state index in [1.165, 1.54) is 0 Å². The Morgan fingerprint density at radius 3 is 2.42 bits per heavy atom. The maximum Gasteiger partial charge on any atom is 0.138 e. The van der Waals surface area contributed by atoms with E-state index in [-0.39, 0.29) is 11.6 Å². The predicted molar refractivity (Wildman–Crippen MR) is 79.0 cm³/mol. The number of nitrogens with two attached hydrogens (primary N) is 1. The van der Waals surface area contributed by atoms with Gasteiger partial charge in [-0.1, -0.05) is 20.8 Å². The third-order valence-corrected chi connectivity index (χ3v) is 4.40. The zero-order chi connectivity index (χ0) is 14.5. The number of aromatic nitrogens is 3. The van der Waals surface area contributed by atoms with Gasteiger partial charge in [0.05, 0.1) is 0 Å². The first-order chi connectivity index (χ1) is 9.03. The molecule has 19 heavy (non-hydrogen) atoms. The lowest BCUT2D eigenvalue weighted by Gasteiger charge is -2.44. The Hall–Kier alpha value is -0.940. The van der Waals surface area contributed by atoms with Gasteiger partial charge in [-0.15, -0.1) is 0 Å². The molecule has 1 aromatic heterocycles. The summed E-state index contributed by atoms with van der Waals surface area (Å²) in [4.78, 5) is 6.79. The van der Waals surface area contributed by atoms with E-state index < -0.39 is 0 Å². The molecule has 0 saturated heterocycles. The fraction of sp³-hybridized carbons (Fsp3) is 0.857. The Balaban J connectivity index is 2.87. The highest BCUT2D eigenvalue weighted by atomic mass is 15.3. The molecule has 0 aromatic carbocycles. The van der Waals surface area contributed by atoms with Crippen molar-refractivity contribution in [2.24, 2.45) is 5.73 Å². The Bertz CT molecular complexity index is 372. The Labute approximate surface area is 117 Å². The minimum Gasteiger partial charge on any atom is -0.326 e. The second-order valence-corrected chi connectivity index (χ2v) is 5.19. The highest BCUT2D eigenvalue weighted by Crippen LogP contribution is 2.24. The van der Waals surface area contributed by atoms with Gasteiger partial charge < -0.3 is 5.73 Å². The molecular formula is C14H29N5. The van der Waals surface area contributed by atoms with E-state index >= 15 is 0 Å². The first-order valence-corrected chi connectivity index (χ1v) is 7.40. The van der Waals surface area contributed by atoms with Crippen LogP contribution in [-0.4, -0.2) is 44.3 Å². The summed E-state index contributed by atoms with van der Waals surface area (Å²) >= 11 is 0. The zero-order valence-corrected chi connectivity index (χ0v) is 13.1. The second kappa shape index (κ2) is 7.01. The van der Waals surface area contributed by atoms with Gasteiger partial charge in [0.15, 0.2) is 0 Å². The maximum absolute atomic E-state index is 6.51. The molecular weight excluding hydrogens is 238 g/mol. The quantitative estimate of drug-likeness (QED) is 0.778. The standard InChI is InChI=1S/C14H29N5/c1-6-14(5,18(7-2)8-3)12(15)10-13-16-11-17-19(13)9-4/h11-12H,6-10,15H2,1-5H3. The van der Waals surface area contributed by atoms with Crippen LogP contribution in [0.3, 0.4) is 0 Å². The van der Waals surface area contributed by atoms with Crippen LogP contribution in [0.25, 0.3) is 0 Å². The van der Waals surface area contributed by atoms with E-state index in [4.69, 9.17) is 5.73 Å². The molecule has 0 amide bonds. The molecule has 0 radical (unpaired) electrons. The molecule has 2 atom stereocenters. The highest BCUT2D eigenvalue weighted by Gasteiger charge is 2.35. The van der Waals surface area contributed by atoms with Gasteiger partial charge in [-0.3, -0.25) is 9.58 Å². The summed E-state index contributed by atoms with van der Waals surface area (Å²) in [6.07, 6.45) is 3.43. The SMILES string of the molecule is CCN(CC)C(C)(CC)C(N)Cc1ncnn1CC. The van der Waals surface area contributed by atoms with Gasteiger partial charge in [0.1, 0.15) is 12.2 Å². The summed E-state index contributed by atoms with van der Waals surface area (Å²) in [6, 6.07) is 0.0619. The molecule has 0 aliphatic rings. The number of hydrogen-bond donors (Lipinski definition) is 1. The molecule has 1 aromatic rings. The van der Waals surface area contributed by atoms with Crippen LogP contribution in [0.15, 0.2) is 6.33 Å². The lowest BCUT2D eigenvalue weighted by atomic mass is 9.85. The summed E-state index contributed by atoms with van der Waals surface area (Å²) in [5.74, 6) is 0.988. The van der Waals surface area contributed by atoms with Gasteiger partial charge in [-0.2, -0.15) is 5.10 Å². The summed E-state index contributed by atoms with van der Waals surface area (Å²) in [6.45, 7) is 13.8. The van der Waals surface area contributed by atoms with Crippen LogP contribution in [0.5, 0.6) is 0 Å². The Morgan fingerprint density at radius 2 is 1.95 bits per heavy atom. The molecule has 0 aliphatic carbocycles. The molecule has 0 fully saturated rings. The molecule has 1 rings (SSSR count). The molecule has 0 bridgehead atoms. The fourth-order valence-electron chi connectivity index (χ4n) is 2.79. The number of aryl methyl sites for hydroxylation is 1. The van der Waals surface area contributed by atoms with Crippen LogP contribution in [-0.2, 0) is 13.0 Å². The average Bonchev–Trinajstić information content (AvgIpc) is 2.86. The third kappa shape index (κ3) is 3.34. The molecule has 2 unspecified atom stereocenters. The van der Waals surface area contributed by atoms with Crippen molar-refractivity contribution in [2.75, 3.05) is 13.1 Å². The van der Waals surface area contributed by atoms with Gasteiger partial charge in [-0.25, -0.2) is 4.98 Å². The van der Waals surface area contributed by atoms with Crippen molar-refractivity contribution >= 4 is 0 Å². The van der Waals surface area contributed by atoms with Crippen LogP contribution in [0.1, 0.15) is 46.9 Å². The molecule has 110 valence electrons. The topological polar surface area (TPSA) is 60.0 Å². The van der Waals surface area contributed by atoms with Crippen LogP contribution in [0, 0.1) is 0 Å². The summed E-state index contributed by atoms with van der Waals surface area (Å²) in [5.41, 5.74) is 6.51. The average molecular weight is 267 g/mol. The maximum atomic E-state index is 6.51. The third-order valence-electron chi connectivity index (χ3n) is 4.40. The van der Waals surface area contributed by atoms with Crippen molar-refractivity contribution in [3.8, 4) is 0 Å². The smallest absolute Gasteiger partial charge is 0.138 e. The Kier molecular flexibility index (Phi) is 5.94. The molecule has 0 saturated carbocycles. The number of hydrogen-bond acceptors (Lipinski definition) is 4. The van der Waals surface area contributed by atoms with Gasteiger partial charge in [0.25, 0.3) is 0 Å². The first-order valence-electron chi connectivity index (χ1n) is 7.40. The number of likely N-dealkylation sites (N-methyl/N-ethyl adjacent to an activating group) is 1. The van der Waals surface area contributed by atoms with E-state index in [1.54, 1.807) is 6.33 Å². The van der Waals surface area contributed by atoms with E-state index in [2.05, 4.69) is 49.6 Å². The van der Waals surface area contributed by atoms with Gasteiger partial charge >= 0.3 is 0 Å². The van der Waals surface area contributed by atoms with E-state index in [0.717, 1.165) is 38.3 Å². The van der Waals surface area contributed by atoms with Crippen molar-refractivity contribution in [2.45, 2.75) is 65.6 Å². The van der Waals surface area contributed by atoms with Crippen molar-refractivity contribution in [3.63, 3.8) is 0 Å². The first kappa shape index (κ1) is 16.1. The van der Waals surface area contributed by atoms with Gasteiger partial charge in [0, 0.05) is 24.5 Å². The van der Waals surface area contributed by atoms with Crippen molar-refractivity contribution in [1.82, 2.24) is 19.7 Å². The molecule has 2 N–H and O–H groups in total. The largest absolute Gasteiger partial charge is 0.326 e. The lowest BCUT2D eigenvalue weighted by molar-refractivity contribution is 0.0834. The van der Waals surface area contributed by atoms with Crippen molar-refractivity contribution < 1.29 is 0 Å². The predicted octanol–water partition coefficient (Wildman–Crippen LogP) is 1.68. The number of rotatable bonds is 8. The van der Waals surface area contributed by atoms with Crippen LogP contribution < -0.4 is 5.73 Å². The van der Waals surface area contributed by atoms with Crippen molar-refractivity contribution in [1.29, 1.82) is 0 Å². The van der Waals surface area contributed by atoms with E-state index in [1.807, 2.05) is 4.68 Å². The second-order valence-electron chi connectivity index (χ2n) is 5.19. The summed E-state index contributed by atoms with van der Waals surface area (Å²) in [7, 11) is 0. The summed E-state index contributed by atoms with van der Waals surface area (Å²) < 4.78 is 1.93. The van der Waals surface area contributed by atoms with Gasteiger partial charge in [-0.05, 0) is 33.4 Å². The van der Waals surface area contributed by atoms with Crippen LogP contribution >= 0.6 is 0 Å². The lowest BCUT2D eigenvalue weighted by Crippen LogP contribution is -2.58. The molecule has 1 heterocycles. The van der Waals surface area contributed by atoms with Crippen LogP contribution in [0.4, 0.5) is 0 Å². The van der Waals surface area contributed by atoms with Gasteiger partial charge in [0.2, 0.25) is 0 Å². The molecule has 5 heteroatoms. The van der Waals surface area contributed by atoms with Crippen LogP contribution in [0.2, 0.25) is 0 Å². The molecule has 5 nitrogen and oxygen atoms in total. The minimum absolute atomic E-state index is 0.00796. The molecule has 0 spiro atoms. The fourth-order valence-corrected chi connectivity index (χ4v) is 2.79. The van der Waals surface area contributed by atoms with Crippen molar-refractivity contribution in [3.05, 3.63) is 12.2 Å². The van der Waals surface area contributed by atoms with E-state index in [0.29, 0.717) is 0 Å². The normalized spacial score (nSPS) is 16.6. The molecule has 0 aliphatic heterocycles. The minimum atomic E-state index is 0.00796.